The molecule has 2 aliphatic heterocycles. The lowest BCUT2D eigenvalue weighted by molar-refractivity contribution is -0.138. The molecule has 0 N–H and O–H groups in total. The van der Waals surface area contributed by atoms with Crippen LogP contribution in [0.25, 0.3) is 0 Å². The SMILES string of the molecule is Cc1ccc2c(c1)N(S(C)(=O)=O)CC(C(=O)N1CCN(c3ccccc3)CC1)O2. The second-order valence-electron chi connectivity index (χ2n) is 7.52. The largest absolute Gasteiger partial charge is 0.476 e. The number of ether oxygens (including phenoxy) is 1. The molecule has 1 saturated heterocycles. The van der Waals surface area contributed by atoms with Gasteiger partial charge in [-0.1, -0.05) is 24.3 Å². The molecule has 0 aliphatic carbocycles. The monoisotopic (exact) mass is 415 g/mol. The maximum atomic E-state index is 13.1. The predicted molar refractivity (Wildman–Crippen MR) is 113 cm³/mol. The van der Waals surface area contributed by atoms with Gasteiger partial charge in [-0.15, -0.1) is 0 Å². The van der Waals surface area contributed by atoms with Gasteiger partial charge in [-0.2, -0.15) is 0 Å². The number of carbonyl (C=O) groups excluding carboxylic acids is 1. The highest BCUT2D eigenvalue weighted by atomic mass is 32.2. The van der Waals surface area contributed by atoms with E-state index in [9.17, 15) is 13.2 Å². The van der Waals surface area contributed by atoms with Crippen molar-refractivity contribution in [1.82, 2.24) is 4.90 Å². The van der Waals surface area contributed by atoms with Crippen molar-refractivity contribution < 1.29 is 17.9 Å². The molecule has 4 rings (SSSR count). The lowest BCUT2D eigenvalue weighted by Gasteiger charge is -2.40. The second-order valence-corrected chi connectivity index (χ2v) is 9.43. The maximum absolute atomic E-state index is 13.1. The number of aryl methyl sites for hydroxylation is 1. The summed E-state index contributed by atoms with van der Waals surface area (Å²) in [4.78, 5) is 17.1. The molecule has 154 valence electrons. The third-order valence-electron chi connectivity index (χ3n) is 5.37. The molecule has 2 heterocycles. The standard InChI is InChI=1S/C21H25N3O4S/c1-16-8-9-19-18(14-16)24(29(2,26)27)15-20(28-19)21(25)23-12-10-22(11-13-23)17-6-4-3-5-7-17/h3-9,14,20H,10-13,15H2,1-2H3. The number of fused-ring (bicyclic) bond motifs is 1. The smallest absolute Gasteiger partial charge is 0.265 e. The minimum Gasteiger partial charge on any atom is -0.476 e. The number of sulfonamides is 1. The number of rotatable bonds is 3. The van der Waals surface area contributed by atoms with Crippen molar-refractivity contribution in [2.75, 3.05) is 48.2 Å². The predicted octanol–water partition coefficient (Wildman–Crippen LogP) is 1.87. The van der Waals surface area contributed by atoms with E-state index in [4.69, 9.17) is 4.74 Å². The minimum atomic E-state index is -3.52. The van der Waals surface area contributed by atoms with E-state index in [1.165, 1.54) is 4.31 Å². The van der Waals surface area contributed by atoms with E-state index in [2.05, 4.69) is 17.0 Å². The number of carbonyl (C=O) groups is 1. The molecule has 7 nitrogen and oxygen atoms in total. The number of para-hydroxylation sites is 1. The molecule has 1 fully saturated rings. The van der Waals surface area contributed by atoms with Crippen LogP contribution in [0.3, 0.4) is 0 Å². The van der Waals surface area contributed by atoms with Crippen LogP contribution in [0.5, 0.6) is 5.75 Å². The Morgan fingerprint density at radius 2 is 1.72 bits per heavy atom. The molecule has 0 bridgehead atoms. The summed E-state index contributed by atoms with van der Waals surface area (Å²) in [6.07, 6.45) is 0.313. The Balaban J connectivity index is 1.49. The van der Waals surface area contributed by atoms with Crippen LogP contribution in [-0.2, 0) is 14.8 Å². The van der Waals surface area contributed by atoms with E-state index in [-0.39, 0.29) is 12.5 Å². The first-order chi connectivity index (χ1) is 13.8. The molecule has 0 radical (unpaired) electrons. The Morgan fingerprint density at radius 1 is 1.03 bits per heavy atom. The van der Waals surface area contributed by atoms with E-state index in [1.807, 2.05) is 31.2 Å². The van der Waals surface area contributed by atoms with E-state index < -0.39 is 16.1 Å². The van der Waals surface area contributed by atoms with E-state index in [1.54, 1.807) is 17.0 Å². The average Bonchev–Trinajstić information content (AvgIpc) is 2.72. The fraction of sp³-hybridized carbons (Fsp3) is 0.381. The van der Waals surface area contributed by atoms with E-state index >= 15 is 0 Å². The average molecular weight is 416 g/mol. The Labute approximate surface area is 171 Å². The van der Waals surface area contributed by atoms with Gasteiger partial charge in [0.05, 0.1) is 18.5 Å². The summed E-state index contributed by atoms with van der Waals surface area (Å²) in [5.74, 6) is 0.256. The van der Waals surface area contributed by atoms with Gasteiger partial charge in [-0.3, -0.25) is 9.10 Å². The number of benzene rings is 2. The highest BCUT2D eigenvalue weighted by Crippen LogP contribution is 2.36. The van der Waals surface area contributed by atoms with Crippen molar-refractivity contribution in [3.8, 4) is 5.75 Å². The molecular weight excluding hydrogens is 390 g/mol. The molecule has 0 spiro atoms. The summed E-state index contributed by atoms with van der Waals surface area (Å²) < 4.78 is 31.9. The van der Waals surface area contributed by atoms with Gasteiger partial charge in [0.1, 0.15) is 5.75 Å². The normalized spacial score (nSPS) is 19.5. The topological polar surface area (TPSA) is 70.2 Å². The Kier molecular flexibility index (Phi) is 5.12. The van der Waals surface area contributed by atoms with E-state index in [0.717, 1.165) is 30.6 Å². The zero-order valence-electron chi connectivity index (χ0n) is 16.6. The second kappa shape index (κ2) is 7.59. The Morgan fingerprint density at radius 3 is 2.38 bits per heavy atom. The molecular formula is C21H25N3O4S. The molecule has 2 aromatic carbocycles. The number of nitrogens with zero attached hydrogens (tertiary/aromatic N) is 3. The van der Waals surface area contributed by atoms with E-state index in [0.29, 0.717) is 24.5 Å². The molecule has 1 amide bonds. The minimum absolute atomic E-state index is 0.00693. The fourth-order valence-corrected chi connectivity index (χ4v) is 4.74. The first-order valence-electron chi connectivity index (χ1n) is 9.67. The van der Waals surface area contributed by atoms with Crippen LogP contribution in [0, 0.1) is 6.92 Å². The maximum Gasteiger partial charge on any atom is 0.265 e. The van der Waals surface area contributed by atoms with Gasteiger partial charge in [-0.05, 0) is 36.8 Å². The number of hydrogen-bond donors (Lipinski definition) is 0. The fourth-order valence-electron chi connectivity index (χ4n) is 3.83. The van der Waals surface area contributed by atoms with Gasteiger partial charge in [0.25, 0.3) is 5.91 Å². The van der Waals surface area contributed by atoms with Crippen molar-refractivity contribution in [1.29, 1.82) is 0 Å². The lowest BCUT2D eigenvalue weighted by atomic mass is 10.1. The van der Waals surface area contributed by atoms with Gasteiger partial charge in [0.2, 0.25) is 10.0 Å². The number of piperazine rings is 1. The van der Waals surface area contributed by atoms with Crippen LogP contribution >= 0.6 is 0 Å². The molecule has 8 heteroatoms. The zero-order chi connectivity index (χ0) is 20.6. The van der Waals surface area contributed by atoms with Gasteiger partial charge in [-0.25, -0.2) is 8.42 Å². The molecule has 0 aromatic heterocycles. The Hall–Kier alpha value is -2.74. The number of anilines is 2. The highest BCUT2D eigenvalue weighted by Gasteiger charge is 2.37. The molecule has 0 saturated carbocycles. The van der Waals surface area contributed by atoms with Gasteiger partial charge in [0, 0.05) is 31.9 Å². The third-order valence-corrected chi connectivity index (χ3v) is 6.52. The molecule has 2 aliphatic rings. The van der Waals surface area contributed by atoms with Crippen molar-refractivity contribution in [2.45, 2.75) is 13.0 Å². The van der Waals surface area contributed by atoms with Crippen molar-refractivity contribution in [3.05, 3.63) is 54.1 Å². The third kappa shape index (κ3) is 4.03. The summed E-state index contributed by atoms with van der Waals surface area (Å²) in [5, 5.41) is 0. The lowest BCUT2D eigenvalue weighted by Crippen LogP contribution is -2.56. The van der Waals surface area contributed by atoms with Gasteiger partial charge < -0.3 is 14.5 Å². The van der Waals surface area contributed by atoms with Crippen LogP contribution in [0.2, 0.25) is 0 Å². The van der Waals surface area contributed by atoms with Crippen LogP contribution < -0.4 is 13.9 Å². The van der Waals surface area contributed by atoms with Crippen molar-refractivity contribution in [3.63, 3.8) is 0 Å². The molecule has 29 heavy (non-hydrogen) atoms. The molecule has 1 atom stereocenters. The number of hydrogen-bond acceptors (Lipinski definition) is 5. The summed E-state index contributed by atoms with van der Waals surface area (Å²) in [6, 6.07) is 15.5. The highest BCUT2D eigenvalue weighted by molar-refractivity contribution is 7.92. The van der Waals surface area contributed by atoms with Gasteiger partial charge >= 0.3 is 0 Å². The number of amides is 1. The summed E-state index contributed by atoms with van der Waals surface area (Å²) in [7, 11) is -3.52. The van der Waals surface area contributed by atoms with Crippen LogP contribution in [0.4, 0.5) is 11.4 Å². The summed E-state index contributed by atoms with van der Waals surface area (Å²) in [6.45, 7) is 4.50. The van der Waals surface area contributed by atoms with Crippen LogP contribution in [0.1, 0.15) is 5.56 Å². The van der Waals surface area contributed by atoms with Crippen LogP contribution in [-0.4, -0.2) is 64.3 Å². The first kappa shape index (κ1) is 19.6. The summed E-state index contributed by atoms with van der Waals surface area (Å²) in [5.41, 5.74) is 2.56. The zero-order valence-corrected chi connectivity index (χ0v) is 17.4. The van der Waals surface area contributed by atoms with Crippen molar-refractivity contribution >= 4 is 27.3 Å². The summed E-state index contributed by atoms with van der Waals surface area (Å²) >= 11 is 0. The Bertz CT molecular complexity index is 1000. The first-order valence-corrected chi connectivity index (χ1v) is 11.5. The van der Waals surface area contributed by atoms with Gasteiger partial charge in [0.15, 0.2) is 6.10 Å². The quantitative estimate of drug-likeness (QED) is 0.766. The molecule has 1 unspecified atom stereocenters. The van der Waals surface area contributed by atoms with Crippen molar-refractivity contribution in [2.24, 2.45) is 0 Å². The molecule has 2 aromatic rings. The van der Waals surface area contributed by atoms with Crippen LogP contribution in [0.15, 0.2) is 48.5 Å².